The summed E-state index contributed by atoms with van der Waals surface area (Å²) in [4.78, 5) is 15.3. The van der Waals surface area contributed by atoms with Crippen molar-refractivity contribution in [1.29, 1.82) is 0 Å². The minimum Gasteiger partial charge on any atom is -0.370 e. The number of ether oxygens (including phenoxy) is 1. The number of anilines is 1. The number of hydrogen-bond donors (Lipinski definition) is 0. The zero-order valence-electron chi connectivity index (χ0n) is 19.2. The van der Waals surface area contributed by atoms with Crippen LogP contribution >= 0.6 is 23.2 Å². The summed E-state index contributed by atoms with van der Waals surface area (Å²) in [6.07, 6.45) is -3.63. The number of carbonyl (C=O) groups excluding carboxylic acids is 1. The minimum absolute atomic E-state index is 0.0479. The quantitative estimate of drug-likeness (QED) is 0.555. The largest absolute Gasteiger partial charge is 0.400 e. The van der Waals surface area contributed by atoms with Crippen molar-refractivity contribution in [2.45, 2.75) is 30.2 Å². The molecule has 1 atom stereocenters. The van der Waals surface area contributed by atoms with Gasteiger partial charge in [0.25, 0.3) is 0 Å². The van der Waals surface area contributed by atoms with Crippen LogP contribution in [0.1, 0.15) is 23.1 Å². The third kappa shape index (κ3) is 4.36. The molecule has 12 heteroatoms. The van der Waals surface area contributed by atoms with E-state index in [-0.39, 0.29) is 54.8 Å². The SMILES string of the molecule is CS(=O)(=O)CC(=O)N1CC2(C1)OCc1cc(N3CCC(c4cc(Cl)cc(Cl)c4)(C(F)(F)F)C3)ccc12. The molecule has 5 rings (SSSR count). The van der Waals surface area contributed by atoms with Gasteiger partial charge in [0.05, 0.1) is 19.7 Å². The zero-order chi connectivity index (χ0) is 26.1. The number of amides is 1. The van der Waals surface area contributed by atoms with Gasteiger partial charge in [0.15, 0.2) is 9.84 Å². The van der Waals surface area contributed by atoms with Crippen LogP contribution in [-0.2, 0) is 37.0 Å². The van der Waals surface area contributed by atoms with Gasteiger partial charge in [-0.1, -0.05) is 29.3 Å². The molecule has 194 valence electrons. The normalized spacial score (nSPS) is 23.2. The number of fused-ring (bicyclic) bond motifs is 2. The molecule has 0 aliphatic carbocycles. The van der Waals surface area contributed by atoms with E-state index in [4.69, 9.17) is 27.9 Å². The van der Waals surface area contributed by atoms with Crippen LogP contribution in [0.5, 0.6) is 0 Å². The van der Waals surface area contributed by atoms with Crippen molar-refractivity contribution < 1.29 is 31.1 Å². The predicted octanol–water partition coefficient (Wildman–Crippen LogP) is 4.32. The molecule has 2 fully saturated rings. The third-order valence-corrected chi connectivity index (χ3v) is 8.51. The fourth-order valence-electron chi connectivity index (χ4n) is 5.45. The Balaban J connectivity index is 1.36. The third-order valence-electron chi connectivity index (χ3n) is 7.31. The number of likely N-dealkylation sites (tertiary alicyclic amines) is 1. The molecule has 3 aliphatic rings. The van der Waals surface area contributed by atoms with Gasteiger partial charge >= 0.3 is 6.18 Å². The van der Waals surface area contributed by atoms with E-state index in [0.717, 1.165) is 17.4 Å². The highest BCUT2D eigenvalue weighted by atomic mass is 35.5. The van der Waals surface area contributed by atoms with Crippen LogP contribution in [-0.4, -0.2) is 63.6 Å². The molecule has 1 spiro atoms. The van der Waals surface area contributed by atoms with Gasteiger partial charge in [0, 0.05) is 35.1 Å². The second kappa shape index (κ2) is 8.51. The van der Waals surface area contributed by atoms with E-state index in [9.17, 15) is 26.4 Å². The first kappa shape index (κ1) is 25.6. The van der Waals surface area contributed by atoms with E-state index in [1.165, 1.54) is 23.1 Å². The Kier molecular flexibility index (Phi) is 6.06. The lowest BCUT2D eigenvalue weighted by atomic mass is 9.79. The topological polar surface area (TPSA) is 66.9 Å². The molecule has 0 aromatic heterocycles. The van der Waals surface area contributed by atoms with E-state index >= 15 is 0 Å². The van der Waals surface area contributed by atoms with Crippen LogP contribution in [0.3, 0.4) is 0 Å². The van der Waals surface area contributed by atoms with E-state index in [2.05, 4.69) is 0 Å². The maximum Gasteiger partial charge on any atom is 0.400 e. The second-order valence-corrected chi connectivity index (χ2v) is 12.9. The fourth-order valence-corrected chi connectivity index (χ4v) is 6.61. The van der Waals surface area contributed by atoms with E-state index in [0.29, 0.717) is 5.69 Å². The Morgan fingerprint density at radius 1 is 1.08 bits per heavy atom. The number of nitrogens with zero attached hydrogens (tertiary/aromatic N) is 2. The second-order valence-electron chi connectivity index (χ2n) is 9.85. The van der Waals surface area contributed by atoms with Crippen molar-refractivity contribution in [2.24, 2.45) is 0 Å². The standard InChI is InChI=1S/C24H23Cl2F3N2O4S/c1-36(33,34)11-21(32)31-13-23(14-31)20-3-2-19(6-15(20)10-35-23)30-5-4-22(12-30,24(27,28)29)16-7-17(25)9-18(26)8-16/h2-3,6-9H,4-5,10-14H2,1H3. The van der Waals surface area contributed by atoms with Gasteiger partial charge in [0.2, 0.25) is 5.91 Å². The summed E-state index contributed by atoms with van der Waals surface area (Å²) >= 11 is 12.1. The van der Waals surface area contributed by atoms with Crippen molar-refractivity contribution >= 4 is 44.6 Å². The molecule has 0 saturated carbocycles. The Labute approximate surface area is 216 Å². The zero-order valence-corrected chi connectivity index (χ0v) is 21.6. The molecule has 2 saturated heterocycles. The summed E-state index contributed by atoms with van der Waals surface area (Å²) in [5.74, 6) is -1.03. The average Bonchev–Trinajstić information content (AvgIpc) is 3.33. The maximum atomic E-state index is 14.4. The number of sulfone groups is 1. The highest BCUT2D eigenvalue weighted by molar-refractivity contribution is 7.91. The number of benzene rings is 2. The predicted molar refractivity (Wildman–Crippen MR) is 130 cm³/mol. The van der Waals surface area contributed by atoms with Gasteiger partial charge in [-0.3, -0.25) is 4.79 Å². The molecule has 36 heavy (non-hydrogen) atoms. The average molecular weight is 563 g/mol. The van der Waals surface area contributed by atoms with Crippen molar-refractivity contribution in [1.82, 2.24) is 4.90 Å². The molecule has 3 aliphatic heterocycles. The monoisotopic (exact) mass is 562 g/mol. The molecule has 0 N–H and O–H groups in total. The molecule has 2 aromatic rings. The van der Waals surface area contributed by atoms with Crippen molar-refractivity contribution in [3.05, 3.63) is 63.1 Å². The van der Waals surface area contributed by atoms with Crippen molar-refractivity contribution in [3.63, 3.8) is 0 Å². The van der Waals surface area contributed by atoms with Crippen LogP contribution in [0.15, 0.2) is 36.4 Å². The van der Waals surface area contributed by atoms with E-state index in [1.807, 2.05) is 12.1 Å². The highest BCUT2D eigenvalue weighted by Crippen LogP contribution is 2.50. The Hall–Kier alpha value is -2.01. The number of hydrogen-bond acceptors (Lipinski definition) is 5. The Morgan fingerprint density at radius 3 is 2.36 bits per heavy atom. The van der Waals surface area contributed by atoms with Gasteiger partial charge in [-0.2, -0.15) is 13.2 Å². The maximum absolute atomic E-state index is 14.4. The van der Waals surface area contributed by atoms with Gasteiger partial charge in [0.1, 0.15) is 16.8 Å². The van der Waals surface area contributed by atoms with Crippen molar-refractivity contribution in [2.75, 3.05) is 43.1 Å². The van der Waals surface area contributed by atoms with Gasteiger partial charge in [-0.25, -0.2) is 8.42 Å². The molecule has 0 radical (unpaired) electrons. The summed E-state index contributed by atoms with van der Waals surface area (Å²) < 4.78 is 72.1. The lowest BCUT2D eigenvalue weighted by Crippen LogP contribution is -2.62. The number of rotatable bonds is 4. The van der Waals surface area contributed by atoms with Crippen LogP contribution in [0.2, 0.25) is 10.0 Å². The first-order valence-corrected chi connectivity index (χ1v) is 14.0. The Bertz CT molecular complexity index is 1330. The number of alkyl halides is 3. The summed E-state index contributed by atoms with van der Waals surface area (Å²) in [5, 5.41) is 0.313. The first-order chi connectivity index (χ1) is 16.7. The van der Waals surface area contributed by atoms with Crippen molar-refractivity contribution in [3.8, 4) is 0 Å². The van der Waals surface area contributed by atoms with Gasteiger partial charge in [-0.15, -0.1) is 0 Å². The lowest BCUT2D eigenvalue weighted by molar-refractivity contribution is -0.184. The molecule has 1 amide bonds. The van der Waals surface area contributed by atoms with Crippen LogP contribution in [0.25, 0.3) is 0 Å². The summed E-state index contributed by atoms with van der Waals surface area (Å²) in [5.41, 5.74) is -0.396. The summed E-state index contributed by atoms with van der Waals surface area (Å²) in [6, 6.07) is 9.52. The number of carbonyl (C=O) groups is 1. The summed E-state index contributed by atoms with van der Waals surface area (Å²) in [6.45, 7) is 0.668. The molecule has 6 nitrogen and oxygen atoms in total. The first-order valence-electron chi connectivity index (χ1n) is 11.2. The summed E-state index contributed by atoms with van der Waals surface area (Å²) in [7, 11) is -3.43. The van der Waals surface area contributed by atoms with Gasteiger partial charge < -0.3 is 14.5 Å². The fraction of sp³-hybridized carbons (Fsp3) is 0.458. The lowest BCUT2D eigenvalue weighted by Gasteiger charge is -2.47. The molecule has 1 unspecified atom stereocenters. The van der Waals surface area contributed by atoms with Crippen LogP contribution < -0.4 is 4.90 Å². The molecule has 2 aromatic carbocycles. The van der Waals surface area contributed by atoms with Gasteiger partial charge in [-0.05, 0) is 53.4 Å². The molecular weight excluding hydrogens is 540 g/mol. The molecule has 3 heterocycles. The van der Waals surface area contributed by atoms with Crippen LogP contribution in [0.4, 0.5) is 18.9 Å². The Morgan fingerprint density at radius 2 is 1.75 bits per heavy atom. The molecule has 0 bridgehead atoms. The van der Waals surface area contributed by atoms with E-state index in [1.54, 1.807) is 11.0 Å². The highest BCUT2D eigenvalue weighted by Gasteiger charge is 2.59. The number of halogens is 5. The molecular formula is C24H23Cl2F3N2O4S. The smallest absolute Gasteiger partial charge is 0.370 e. The van der Waals surface area contributed by atoms with Crippen LogP contribution in [0, 0.1) is 0 Å². The van der Waals surface area contributed by atoms with E-state index < -0.39 is 38.7 Å². The minimum atomic E-state index is -4.51.